The SMILES string of the molecule is CC(C)c1noc(CCCC(=O)Nc2cc(Br)ccc2-n2cncn2)n1. The number of nitrogens with zero attached hydrogens (tertiary/aromatic N) is 5. The number of aromatic nitrogens is 5. The molecule has 0 atom stereocenters. The maximum absolute atomic E-state index is 12.3. The summed E-state index contributed by atoms with van der Waals surface area (Å²) in [5.74, 6) is 1.39. The Labute approximate surface area is 159 Å². The molecule has 0 spiro atoms. The molecule has 2 aromatic heterocycles. The Morgan fingerprint density at radius 3 is 2.92 bits per heavy atom. The first-order valence-electron chi connectivity index (χ1n) is 8.30. The highest BCUT2D eigenvalue weighted by atomic mass is 79.9. The van der Waals surface area contributed by atoms with Crippen LogP contribution in [0.25, 0.3) is 5.69 Å². The lowest BCUT2D eigenvalue weighted by molar-refractivity contribution is -0.116. The zero-order chi connectivity index (χ0) is 18.5. The molecule has 0 aliphatic rings. The molecule has 0 aliphatic heterocycles. The molecule has 3 rings (SSSR count). The molecule has 0 aliphatic carbocycles. The summed E-state index contributed by atoms with van der Waals surface area (Å²) >= 11 is 3.42. The minimum atomic E-state index is -0.0898. The van der Waals surface area contributed by atoms with Gasteiger partial charge in [-0.2, -0.15) is 10.1 Å². The second kappa shape index (κ2) is 8.22. The van der Waals surface area contributed by atoms with Crippen LogP contribution in [0, 0.1) is 0 Å². The smallest absolute Gasteiger partial charge is 0.226 e. The van der Waals surface area contributed by atoms with E-state index < -0.39 is 0 Å². The number of amides is 1. The van der Waals surface area contributed by atoms with Crippen LogP contribution in [-0.4, -0.2) is 30.8 Å². The second-order valence-electron chi connectivity index (χ2n) is 6.10. The lowest BCUT2D eigenvalue weighted by Gasteiger charge is -2.11. The predicted molar refractivity (Wildman–Crippen MR) is 99.0 cm³/mol. The van der Waals surface area contributed by atoms with Crippen molar-refractivity contribution >= 4 is 27.5 Å². The van der Waals surface area contributed by atoms with Gasteiger partial charge in [0.25, 0.3) is 0 Å². The van der Waals surface area contributed by atoms with Gasteiger partial charge in [0.2, 0.25) is 11.8 Å². The van der Waals surface area contributed by atoms with Crippen molar-refractivity contribution in [3.8, 4) is 5.69 Å². The van der Waals surface area contributed by atoms with Crippen molar-refractivity contribution in [3.63, 3.8) is 0 Å². The molecule has 0 saturated carbocycles. The van der Waals surface area contributed by atoms with Crippen molar-refractivity contribution < 1.29 is 9.32 Å². The highest BCUT2D eigenvalue weighted by molar-refractivity contribution is 9.10. The quantitative estimate of drug-likeness (QED) is 0.630. The fraction of sp³-hybridized carbons (Fsp3) is 0.353. The number of nitrogens with one attached hydrogen (secondary N) is 1. The van der Waals surface area contributed by atoms with E-state index in [9.17, 15) is 4.79 Å². The summed E-state index contributed by atoms with van der Waals surface area (Å²) in [6.45, 7) is 4.01. The highest BCUT2D eigenvalue weighted by Gasteiger charge is 2.12. The molecule has 0 fully saturated rings. The molecule has 9 heteroatoms. The molecule has 3 aromatic rings. The Morgan fingerprint density at radius 2 is 2.23 bits per heavy atom. The maximum atomic E-state index is 12.3. The highest BCUT2D eigenvalue weighted by Crippen LogP contribution is 2.24. The number of hydrogen-bond donors (Lipinski definition) is 1. The van der Waals surface area contributed by atoms with Gasteiger partial charge in [-0.05, 0) is 24.6 Å². The molecule has 0 bridgehead atoms. The van der Waals surface area contributed by atoms with Crippen LogP contribution in [0.3, 0.4) is 0 Å². The summed E-state index contributed by atoms with van der Waals surface area (Å²) in [7, 11) is 0. The van der Waals surface area contributed by atoms with Gasteiger partial charge in [-0.3, -0.25) is 4.79 Å². The number of hydrogen-bond acceptors (Lipinski definition) is 6. The van der Waals surface area contributed by atoms with Crippen molar-refractivity contribution in [3.05, 3.63) is 47.0 Å². The van der Waals surface area contributed by atoms with Crippen LogP contribution in [0.2, 0.25) is 0 Å². The third kappa shape index (κ3) is 4.54. The van der Waals surface area contributed by atoms with E-state index in [1.165, 1.54) is 6.33 Å². The number of carbonyl (C=O) groups excluding carboxylic acids is 1. The minimum absolute atomic E-state index is 0.0898. The molecule has 1 amide bonds. The monoisotopic (exact) mass is 418 g/mol. The summed E-state index contributed by atoms with van der Waals surface area (Å²) in [5, 5.41) is 11.0. The standard InChI is InChI=1S/C17H19BrN6O2/c1-11(2)17-22-16(26-23-17)5-3-4-15(25)21-13-8-12(18)6-7-14(13)24-10-19-9-20-24/h6-11H,3-5H2,1-2H3,(H,21,25). The first kappa shape index (κ1) is 18.2. The predicted octanol–water partition coefficient (Wildman–Crippen LogP) is 3.50. The van der Waals surface area contributed by atoms with Crippen LogP contribution in [-0.2, 0) is 11.2 Å². The Hall–Kier alpha value is -2.55. The van der Waals surface area contributed by atoms with Gasteiger partial charge in [0.1, 0.15) is 12.7 Å². The Kier molecular flexibility index (Phi) is 5.77. The third-order valence-electron chi connectivity index (χ3n) is 3.69. The number of anilines is 1. The molecule has 26 heavy (non-hydrogen) atoms. The molecule has 0 radical (unpaired) electrons. The van der Waals surface area contributed by atoms with Crippen LogP contribution >= 0.6 is 15.9 Å². The first-order valence-corrected chi connectivity index (χ1v) is 9.09. The van der Waals surface area contributed by atoms with Gasteiger partial charge in [0, 0.05) is 23.2 Å². The van der Waals surface area contributed by atoms with E-state index in [1.807, 2.05) is 32.0 Å². The van der Waals surface area contributed by atoms with Crippen LogP contribution in [0.15, 0.2) is 39.8 Å². The van der Waals surface area contributed by atoms with E-state index in [2.05, 4.69) is 41.5 Å². The number of rotatable bonds is 7. The Bertz CT molecular complexity index is 875. The normalized spacial score (nSPS) is 11.1. The lowest BCUT2D eigenvalue weighted by atomic mass is 10.2. The summed E-state index contributed by atoms with van der Waals surface area (Å²) in [5.41, 5.74) is 1.41. The first-order chi connectivity index (χ1) is 12.5. The zero-order valence-corrected chi connectivity index (χ0v) is 16.1. The Morgan fingerprint density at radius 1 is 1.38 bits per heavy atom. The maximum Gasteiger partial charge on any atom is 0.226 e. The molecule has 1 aromatic carbocycles. The summed E-state index contributed by atoms with van der Waals surface area (Å²) in [4.78, 5) is 20.6. The molecule has 1 N–H and O–H groups in total. The number of carbonyl (C=O) groups is 1. The molecule has 0 saturated heterocycles. The molecule has 2 heterocycles. The molecule has 0 unspecified atom stereocenters. The van der Waals surface area contributed by atoms with Crippen molar-refractivity contribution in [2.24, 2.45) is 0 Å². The topological polar surface area (TPSA) is 98.7 Å². The summed E-state index contributed by atoms with van der Waals surface area (Å²) in [6.07, 6.45) is 4.58. The van der Waals surface area contributed by atoms with Gasteiger partial charge < -0.3 is 9.84 Å². The van der Waals surface area contributed by atoms with Gasteiger partial charge in [-0.15, -0.1) is 0 Å². The number of benzene rings is 1. The van der Waals surface area contributed by atoms with Gasteiger partial charge >= 0.3 is 0 Å². The molecule has 8 nitrogen and oxygen atoms in total. The van der Waals surface area contributed by atoms with E-state index in [0.717, 1.165) is 10.2 Å². The van der Waals surface area contributed by atoms with E-state index >= 15 is 0 Å². The Balaban J connectivity index is 1.59. The second-order valence-corrected chi connectivity index (χ2v) is 7.02. The fourth-order valence-electron chi connectivity index (χ4n) is 2.36. The van der Waals surface area contributed by atoms with Gasteiger partial charge in [-0.25, -0.2) is 9.67 Å². The zero-order valence-electron chi connectivity index (χ0n) is 14.5. The van der Waals surface area contributed by atoms with Gasteiger partial charge in [0.15, 0.2) is 5.82 Å². The lowest BCUT2D eigenvalue weighted by Crippen LogP contribution is -2.14. The molecular formula is C17H19BrN6O2. The number of aryl methyl sites for hydroxylation is 1. The van der Waals surface area contributed by atoms with E-state index in [0.29, 0.717) is 36.7 Å². The van der Waals surface area contributed by atoms with E-state index in [1.54, 1.807) is 11.0 Å². The number of halogens is 1. The summed E-state index contributed by atoms with van der Waals surface area (Å²) in [6, 6.07) is 5.58. The van der Waals surface area contributed by atoms with Gasteiger partial charge in [-0.1, -0.05) is 34.9 Å². The third-order valence-corrected chi connectivity index (χ3v) is 4.19. The molecule has 136 valence electrons. The van der Waals surface area contributed by atoms with Crippen molar-refractivity contribution in [2.75, 3.05) is 5.32 Å². The fourth-order valence-corrected chi connectivity index (χ4v) is 2.72. The average molecular weight is 419 g/mol. The molecular weight excluding hydrogens is 400 g/mol. The largest absolute Gasteiger partial charge is 0.339 e. The van der Waals surface area contributed by atoms with E-state index in [-0.39, 0.29) is 11.8 Å². The average Bonchev–Trinajstić information content (AvgIpc) is 3.26. The summed E-state index contributed by atoms with van der Waals surface area (Å²) < 4.78 is 7.66. The van der Waals surface area contributed by atoms with Crippen LogP contribution in [0.4, 0.5) is 5.69 Å². The van der Waals surface area contributed by atoms with E-state index in [4.69, 9.17) is 4.52 Å². The van der Waals surface area contributed by atoms with Crippen molar-refractivity contribution in [1.29, 1.82) is 0 Å². The van der Waals surface area contributed by atoms with Crippen molar-refractivity contribution in [1.82, 2.24) is 24.9 Å². The minimum Gasteiger partial charge on any atom is -0.339 e. The van der Waals surface area contributed by atoms with Crippen LogP contribution in [0.5, 0.6) is 0 Å². The van der Waals surface area contributed by atoms with Gasteiger partial charge in [0.05, 0.1) is 11.4 Å². The van der Waals surface area contributed by atoms with Crippen LogP contribution in [0.1, 0.15) is 44.3 Å². The van der Waals surface area contributed by atoms with Crippen molar-refractivity contribution in [2.45, 2.75) is 39.0 Å². The van der Waals surface area contributed by atoms with Crippen LogP contribution < -0.4 is 5.32 Å².